The van der Waals surface area contributed by atoms with E-state index < -0.39 is 0 Å². The summed E-state index contributed by atoms with van der Waals surface area (Å²) in [6.45, 7) is 7.96. The Hall–Kier alpha value is -0.0800. The molecule has 0 amide bonds. The molecule has 0 bridgehead atoms. The molecule has 0 heterocycles. The lowest BCUT2D eigenvalue weighted by Gasteiger charge is -2.01. The van der Waals surface area contributed by atoms with Crippen LogP contribution in [0.4, 0.5) is 0 Å². The molecular formula is C8H17O2. The highest BCUT2D eigenvalue weighted by Crippen LogP contribution is 1.87. The molecular weight excluding hydrogens is 128 g/mol. The van der Waals surface area contributed by atoms with Crippen molar-refractivity contribution in [2.45, 2.75) is 26.7 Å². The topological polar surface area (TPSA) is 18.5 Å². The third kappa shape index (κ3) is 7.92. The van der Waals surface area contributed by atoms with Gasteiger partial charge in [0, 0.05) is 6.61 Å². The summed E-state index contributed by atoms with van der Waals surface area (Å²) in [5.74, 6) is 0. The fraction of sp³-hybridized carbons (Fsp3) is 0.875. The molecule has 0 aromatic carbocycles. The van der Waals surface area contributed by atoms with Crippen LogP contribution >= 0.6 is 0 Å². The average molecular weight is 145 g/mol. The molecule has 0 spiro atoms. The van der Waals surface area contributed by atoms with E-state index in [-0.39, 0.29) is 0 Å². The average Bonchev–Trinajstić information content (AvgIpc) is 1.97. The van der Waals surface area contributed by atoms with Gasteiger partial charge in [0.05, 0.1) is 19.8 Å². The fourth-order valence-corrected chi connectivity index (χ4v) is 0.573. The van der Waals surface area contributed by atoms with Crippen molar-refractivity contribution in [3.63, 3.8) is 0 Å². The van der Waals surface area contributed by atoms with Gasteiger partial charge in [0.25, 0.3) is 0 Å². The van der Waals surface area contributed by atoms with E-state index >= 15 is 0 Å². The molecule has 0 unspecified atom stereocenters. The van der Waals surface area contributed by atoms with E-state index in [1.54, 1.807) is 6.61 Å². The maximum absolute atomic E-state index is 5.23. The summed E-state index contributed by atoms with van der Waals surface area (Å²) in [5.41, 5.74) is 0. The molecule has 0 N–H and O–H groups in total. The molecule has 0 aliphatic heterocycles. The smallest absolute Gasteiger partial charge is 0.0807 e. The van der Waals surface area contributed by atoms with Crippen LogP contribution in [0.3, 0.4) is 0 Å². The molecule has 0 aliphatic rings. The second-order valence-electron chi connectivity index (χ2n) is 2.07. The van der Waals surface area contributed by atoms with Crippen LogP contribution in [0.15, 0.2) is 0 Å². The molecule has 1 radical (unpaired) electrons. The van der Waals surface area contributed by atoms with Gasteiger partial charge >= 0.3 is 0 Å². The molecule has 2 nitrogen and oxygen atoms in total. The van der Waals surface area contributed by atoms with Crippen LogP contribution in [0.5, 0.6) is 0 Å². The Morgan fingerprint density at radius 2 is 2.00 bits per heavy atom. The minimum Gasteiger partial charge on any atom is -0.379 e. The van der Waals surface area contributed by atoms with Crippen molar-refractivity contribution in [1.29, 1.82) is 0 Å². The Kier molecular flexibility index (Phi) is 8.85. The molecule has 0 aromatic heterocycles. The zero-order valence-corrected chi connectivity index (χ0v) is 6.93. The van der Waals surface area contributed by atoms with Gasteiger partial charge in [-0.1, -0.05) is 13.3 Å². The number of hydrogen-bond acceptors (Lipinski definition) is 2. The van der Waals surface area contributed by atoms with Gasteiger partial charge in [-0.25, -0.2) is 0 Å². The molecule has 0 atom stereocenters. The minimum atomic E-state index is 0.681. The molecule has 10 heavy (non-hydrogen) atoms. The number of hydrogen-bond donors (Lipinski definition) is 0. The zero-order chi connectivity index (χ0) is 7.66. The Morgan fingerprint density at radius 3 is 2.60 bits per heavy atom. The first-order valence-corrected chi connectivity index (χ1v) is 3.89. The molecule has 0 aromatic rings. The summed E-state index contributed by atoms with van der Waals surface area (Å²) in [6, 6.07) is 0. The molecule has 0 saturated carbocycles. The van der Waals surface area contributed by atoms with E-state index in [2.05, 4.69) is 6.92 Å². The lowest BCUT2D eigenvalue weighted by molar-refractivity contribution is 0.0716. The normalized spacial score (nSPS) is 10.2. The van der Waals surface area contributed by atoms with Crippen LogP contribution < -0.4 is 0 Å². The summed E-state index contributed by atoms with van der Waals surface area (Å²) in [4.78, 5) is 0. The fourth-order valence-electron chi connectivity index (χ4n) is 0.573. The first kappa shape index (κ1) is 9.92. The van der Waals surface area contributed by atoms with Gasteiger partial charge in [0.15, 0.2) is 0 Å². The molecule has 0 saturated heterocycles. The van der Waals surface area contributed by atoms with Gasteiger partial charge in [0.2, 0.25) is 0 Å². The largest absolute Gasteiger partial charge is 0.379 e. The number of unbranched alkanes of at least 4 members (excludes halogenated alkanes) is 1. The second-order valence-corrected chi connectivity index (χ2v) is 2.07. The van der Waals surface area contributed by atoms with Crippen LogP contribution in [0.2, 0.25) is 0 Å². The predicted octanol–water partition coefficient (Wildman–Crippen LogP) is 2.00. The quantitative estimate of drug-likeness (QED) is 0.510. The summed E-state index contributed by atoms with van der Waals surface area (Å²) < 4.78 is 10.2. The maximum atomic E-state index is 5.23. The maximum Gasteiger partial charge on any atom is 0.0807 e. The first-order chi connectivity index (χ1) is 4.91. The van der Waals surface area contributed by atoms with Gasteiger partial charge in [-0.2, -0.15) is 0 Å². The summed E-state index contributed by atoms with van der Waals surface area (Å²) in [6.07, 6.45) is 2.34. The Morgan fingerprint density at radius 1 is 1.20 bits per heavy atom. The van der Waals surface area contributed by atoms with E-state index in [4.69, 9.17) is 9.47 Å². The van der Waals surface area contributed by atoms with Crippen LogP contribution in [0.25, 0.3) is 0 Å². The van der Waals surface area contributed by atoms with Gasteiger partial charge in [0.1, 0.15) is 0 Å². The Bertz CT molecular complexity index is 47.2. The number of ether oxygens (including phenoxy) is 2. The van der Waals surface area contributed by atoms with E-state index in [1.807, 2.05) is 6.92 Å². The third-order valence-electron chi connectivity index (χ3n) is 1.15. The van der Waals surface area contributed by atoms with Crippen molar-refractivity contribution >= 4 is 0 Å². The summed E-state index contributed by atoms with van der Waals surface area (Å²) in [5, 5.41) is 0. The second kappa shape index (κ2) is 8.92. The minimum absolute atomic E-state index is 0.681. The standard InChI is InChI=1S/C8H17O2/c1-3-5-6-10-8-7-9-4-2/h4H,3,5-8H2,1-2H3. The number of rotatable bonds is 7. The molecule has 0 rings (SSSR count). The van der Waals surface area contributed by atoms with Crippen LogP contribution in [0.1, 0.15) is 26.7 Å². The van der Waals surface area contributed by atoms with Crippen molar-refractivity contribution < 1.29 is 9.47 Å². The monoisotopic (exact) mass is 145 g/mol. The van der Waals surface area contributed by atoms with Crippen LogP contribution in [-0.4, -0.2) is 19.8 Å². The lowest BCUT2D eigenvalue weighted by Crippen LogP contribution is -2.02. The van der Waals surface area contributed by atoms with E-state index in [0.29, 0.717) is 13.2 Å². The van der Waals surface area contributed by atoms with Gasteiger partial charge in [-0.3, -0.25) is 0 Å². The van der Waals surface area contributed by atoms with E-state index in [9.17, 15) is 0 Å². The van der Waals surface area contributed by atoms with E-state index in [1.165, 1.54) is 6.42 Å². The van der Waals surface area contributed by atoms with E-state index in [0.717, 1.165) is 13.0 Å². The SMILES string of the molecule is C[CH]OCCOCCCC. The lowest BCUT2D eigenvalue weighted by atomic mass is 10.4. The highest BCUT2D eigenvalue weighted by Gasteiger charge is 1.86. The highest BCUT2D eigenvalue weighted by molar-refractivity contribution is 4.36. The van der Waals surface area contributed by atoms with Crippen molar-refractivity contribution in [1.82, 2.24) is 0 Å². The van der Waals surface area contributed by atoms with Gasteiger partial charge in [-0.15, -0.1) is 0 Å². The molecule has 2 heteroatoms. The van der Waals surface area contributed by atoms with Gasteiger partial charge < -0.3 is 9.47 Å². The third-order valence-corrected chi connectivity index (χ3v) is 1.15. The van der Waals surface area contributed by atoms with Gasteiger partial charge in [-0.05, 0) is 13.3 Å². The highest BCUT2D eigenvalue weighted by atomic mass is 16.5. The molecule has 0 fully saturated rings. The zero-order valence-electron chi connectivity index (χ0n) is 6.93. The first-order valence-electron chi connectivity index (χ1n) is 3.89. The summed E-state index contributed by atoms with van der Waals surface area (Å²) in [7, 11) is 0. The van der Waals surface area contributed by atoms with Crippen molar-refractivity contribution in [2.75, 3.05) is 19.8 Å². The summed E-state index contributed by atoms with van der Waals surface area (Å²) >= 11 is 0. The predicted molar refractivity (Wildman–Crippen MR) is 41.7 cm³/mol. The van der Waals surface area contributed by atoms with Crippen molar-refractivity contribution in [2.24, 2.45) is 0 Å². The Labute approximate surface area is 63.5 Å². The van der Waals surface area contributed by atoms with Crippen molar-refractivity contribution in [3.8, 4) is 0 Å². The van der Waals surface area contributed by atoms with Crippen LogP contribution in [0, 0.1) is 6.61 Å². The van der Waals surface area contributed by atoms with Crippen molar-refractivity contribution in [3.05, 3.63) is 6.61 Å². The Balaban J connectivity index is 2.65. The van der Waals surface area contributed by atoms with Crippen LogP contribution in [-0.2, 0) is 9.47 Å². The molecule has 61 valence electrons. The molecule has 0 aliphatic carbocycles.